The van der Waals surface area contributed by atoms with Gasteiger partial charge in [0, 0.05) is 0 Å². The quantitative estimate of drug-likeness (QED) is 0.709. The van der Waals surface area contributed by atoms with Gasteiger partial charge < -0.3 is 0 Å². The average Bonchev–Trinajstić information content (AvgIpc) is 2.31. The standard InChI is InChI=1S/C13H4F4N/c14-8-2-1-3-9(15)12(8)13-10(16)4-7(6-18)5-11(13)17/h2-5H. The molecule has 0 atom stereocenters. The van der Waals surface area contributed by atoms with Gasteiger partial charge in [0.15, 0.2) is 0 Å². The Bertz CT molecular complexity index is 615. The molecule has 0 aliphatic carbocycles. The van der Waals surface area contributed by atoms with Gasteiger partial charge in [0.2, 0.25) is 0 Å². The zero-order valence-corrected chi connectivity index (χ0v) is 8.77. The van der Waals surface area contributed by atoms with Crippen molar-refractivity contribution in [3.63, 3.8) is 0 Å². The van der Waals surface area contributed by atoms with Gasteiger partial charge in [-0.3, -0.25) is 0 Å². The van der Waals surface area contributed by atoms with E-state index >= 15 is 0 Å². The molecular weight excluding hydrogens is 246 g/mol. The van der Waals surface area contributed by atoms with Crippen LogP contribution in [0.1, 0.15) is 5.56 Å². The predicted octanol–water partition coefficient (Wildman–Crippen LogP) is 3.58. The Morgan fingerprint density at radius 1 is 0.833 bits per heavy atom. The summed E-state index contributed by atoms with van der Waals surface area (Å²) in [5.41, 5.74) is -1.91. The van der Waals surface area contributed by atoms with Crippen molar-refractivity contribution >= 4 is 0 Å². The third-order valence-electron chi connectivity index (χ3n) is 2.32. The van der Waals surface area contributed by atoms with E-state index in [0.29, 0.717) is 12.1 Å². The highest BCUT2D eigenvalue weighted by atomic mass is 19.1. The molecule has 0 aliphatic heterocycles. The van der Waals surface area contributed by atoms with Crippen LogP contribution in [0.2, 0.25) is 0 Å². The van der Waals surface area contributed by atoms with Gasteiger partial charge in [-0.25, -0.2) is 17.6 Å². The normalized spacial score (nSPS) is 10.2. The summed E-state index contributed by atoms with van der Waals surface area (Å²) in [6.07, 6.45) is 0. The van der Waals surface area contributed by atoms with Crippen LogP contribution in [0.4, 0.5) is 17.6 Å². The topological polar surface area (TPSA) is 23.8 Å². The first-order valence-electron chi connectivity index (χ1n) is 4.79. The Hall–Kier alpha value is -2.35. The monoisotopic (exact) mass is 250 g/mol. The third-order valence-corrected chi connectivity index (χ3v) is 2.32. The fraction of sp³-hybridized carbons (Fsp3) is 0. The average molecular weight is 250 g/mol. The van der Waals surface area contributed by atoms with Crippen molar-refractivity contribution in [3.8, 4) is 17.2 Å². The molecule has 0 saturated carbocycles. The molecule has 5 heteroatoms. The molecule has 0 unspecified atom stereocenters. The number of nitrogens with zero attached hydrogens (tertiary/aromatic N) is 1. The van der Waals surface area contributed by atoms with E-state index in [2.05, 4.69) is 6.07 Å². The van der Waals surface area contributed by atoms with Crippen LogP contribution in [0.15, 0.2) is 24.3 Å². The van der Waals surface area contributed by atoms with E-state index < -0.39 is 34.4 Å². The molecule has 1 nitrogen and oxygen atoms in total. The van der Waals surface area contributed by atoms with Crippen molar-refractivity contribution < 1.29 is 17.6 Å². The molecule has 0 amide bonds. The molecule has 0 spiro atoms. The van der Waals surface area contributed by atoms with Gasteiger partial charge in [-0.1, -0.05) is 0 Å². The van der Waals surface area contributed by atoms with Crippen molar-refractivity contribution in [2.24, 2.45) is 0 Å². The maximum absolute atomic E-state index is 13.6. The van der Waals surface area contributed by atoms with Crippen molar-refractivity contribution in [1.82, 2.24) is 0 Å². The molecule has 0 bridgehead atoms. The van der Waals surface area contributed by atoms with Gasteiger partial charge in [-0.15, -0.1) is 0 Å². The minimum absolute atomic E-state index is 0.267. The number of benzene rings is 2. The summed E-state index contributed by atoms with van der Waals surface area (Å²) in [6, 6.07) is 6.68. The minimum atomic E-state index is -1.20. The molecular formula is C13H4F4N. The second-order valence-electron chi connectivity index (χ2n) is 3.45. The first kappa shape index (κ1) is 12.1. The largest absolute Gasteiger partial charge is 0.206 e. The Kier molecular flexibility index (Phi) is 3.02. The third kappa shape index (κ3) is 1.93. The van der Waals surface area contributed by atoms with E-state index in [4.69, 9.17) is 5.26 Å². The fourth-order valence-electron chi connectivity index (χ4n) is 1.56. The lowest BCUT2D eigenvalue weighted by Gasteiger charge is -2.08. The number of rotatable bonds is 1. The molecule has 0 N–H and O–H groups in total. The summed E-state index contributed by atoms with van der Waals surface area (Å²) in [5, 5.41) is 8.52. The zero-order valence-electron chi connectivity index (χ0n) is 8.77. The second kappa shape index (κ2) is 4.49. The Balaban J connectivity index is 2.77. The molecule has 2 aromatic rings. The molecule has 89 valence electrons. The fourth-order valence-corrected chi connectivity index (χ4v) is 1.56. The predicted molar refractivity (Wildman–Crippen MR) is 55.3 cm³/mol. The minimum Gasteiger partial charge on any atom is -0.206 e. The van der Waals surface area contributed by atoms with E-state index in [1.165, 1.54) is 0 Å². The number of hydrogen-bond acceptors (Lipinski definition) is 1. The van der Waals surface area contributed by atoms with Crippen molar-refractivity contribution in [1.29, 1.82) is 5.26 Å². The summed E-state index contributed by atoms with van der Waals surface area (Å²) in [7, 11) is 0. The molecule has 2 aromatic carbocycles. The summed E-state index contributed by atoms with van der Waals surface area (Å²) in [6.45, 7) is 0. The van der Waals surface area contributed by atoms with Crippen molar-refractivity contribution in [2.75, 3.05) is 0 Å². The van der Waals surface area contributed by atoms with Crippen LogP contribution in [0, 0.1) is 40.7 Å². The van der Waals surface area contributed by atoms with Crippen LogP contribution in [0.25, 0.3) is 11.1 Å². The van der Waals surface area contributed by atoms with Gasteiger partial charge in [0.25, 0.3) is 0 Å². The van der Waals surface area contributed by atoms with Gasteiger partial charge in [-0.05, 0) is 30.3 Å². The highest BCUT2D eigenvalue weighted by molar-refractivity contribution is 5.67. The van der Waals surface area contributed by atoms with Crippen LogP contribution < -0.4 is 0 Å². The van der Waals surface area contributed by atoms with Crippen LogP contribution >= 0.6 is 0 Å². The van der Waals surface area contributed by atoms with Crippen LogP contribution in [-0.4, -0.2) is 0 Å². The smallest absolute Gasteiger partial charge is 0.135 e. The highest BCUT2D eigenvalue weighted by Gasteiger charge is 2.20. The van der Waals surface area contributed by atoms with Gasteiger partial charge in [-0.2, -0.15) is 5.26 Å². The Labute approximate surface area is 99.9 Å². The highest BCUT2D eigenvalue weighted by Crippen LogP contribution is 2.31. The van der Waals surface area contributed by atoms with Crippen LogP contribution in [0.5, 0.6) is 0 Å². The van der Waals surface area contributed by atoms with E-state index in [-0.39, 0.29) is 5.56 Å². The van der Waals surface area contributed by atoms with E-state index in [1.54, 1.807) is 6.07 Å². The van der Waals surface area contributed by atoms with Crippen molar-refractivity contribution in [3.05, 3.63) is 59.2 Å². The molecule has 2 rings (SSSR count). The van der Waals surface area contributed by atoms with Crippen LogP contribution in [0.3, 0.4) is 0 Å². The molecule has 0 fully saturated rings. The Morgan fingerprint density at radius 2 is 1.28 bits per heavy atom. The second-order valence-corrected chi connectivity index (χ2v) is 3.45. The maximum atomic E-state index is 13.6. The van der Waals surface area contributed by atoms with E-state index in [0.717, 1.165) is 12.1 Å². The van der Waals surface area contributed by atoms with Gasteiger partial charge in [0.1, 0.15) is 23.3 Å². The number of hydrogen-bond donors (Lipinski definition) is 0. The van der Waals surface area contributed by atoms with Crippen molar-refractivity contribution in [2.45, 2.75) is 0 Å². The molecule has 1 radical (unpaired) electrons. The summed E-state index contributed by atoms with van der Waals surface area (Å²) in [4.78, 5) is 0. The van der Waals surface area contributed by atoms with Crippen LogP contribution in [-0.2, 0) is 0 Å². The molecule has 0 aromatic heterocycles. The summed E-state index contributed by atoms with van der Waals surface area (Å²) < 4.78 is 54.0. The first-order chi connectivity index (χ1) is 8.54. The lowest BCUT2D eigenvalue weighted by Crippen LogP contribution is -1.97. The molecule has 0 heterocycles. The maximum Gasteiger partial charge on any atom is 0.135 e. The van der Waals surface area contributed by atoms with Gasteiger partial charge in [0.05, 0.1) is 22.8 Å². The van der Waals surface area contributed by atoms with E-state index in [9.17, 15) is 17.6 Å². The molecule has 18 heavy (non-hydrogen) atoms. The lowest BCUT2D eigenvalue weighted by atomic mass is 10.0. The summed E-state index contributed by atoms with van der Waals surface area (Å²) >= 11 is 0. The van der Waals surface area contributed by atoms with Gasteiger partial charge >= 0.3 is 0 Å². The first-order valence-corrected chi connectivity index (χ1v) is 4.79. The van der Waals surface area contributed by atoms with E-state index in [1.807, 2.05) is 0 Å². The summed E-state index contributed by atoms with van der Waals surface area (Å²) in [5.74, 6) is -4.65. The lowest BCUT2D eigenvalue weighted by molar-refractivity contribution is 0.563. The molecule has 0 aliphatic rings. The Morgan fingerprint density at radius 3 is 1.72 bits per heavy atom. The zero-order chi connectivity index (χ0) is 13.3. The number of nitriles is 1. The molecule has 0 saturated heterocycles. The SMILES string of the molecule is N#Cc1cc(F)c(-c2c(F)c[c]cc2F)c(F)c1. The number of halogens is 4.